The summed E-state index contributed by atoms with van der Waals surface area (Å²) in [5.74, 6) is 1.71. The summed E-state index contributed by atoms with van der Waals surface area (Å²) in [6.45, 7) is 0.826. The van der Waals surface area contributed by atoms with Gasteiger partial charge in [-0.15, -0.1) is 0 Å². The van der Waals surface area contributed by atoms with Crippen LogP contribution in [-0.2, 0) is 6.42 Å². The Kier molecular flexibility index (Phi) is 4.78. The SMILES string of the molecule is COc1c2c(c(Br)c3c1OCO3)CCN(C)C(C(=O)c1ccc(Cl)cc1)=C2. The third kappa shape index (κ3) is 3.07. The summed E-state index contributed by atoms with van der Waals surface area (Å²) in [5, 5.41) is 0.596. The maximum Gasteiger partial charge on any atom is 0.231 e. The molecule has 0 amide bonds. The number of hydrogen-bond donors (Lipinski definition) is 0. The van der Waals surface area contributed by atoms with Gasteiger partial charge in [-0.25, -0.2) is 0 Å². The van der Waals surface area contributed by atoms with E-state index in [0.717, 1.165) is 22.0 Å². The van der Waals surface area contributed by atoms with E-state index in [1.807, 2.05) is 18.0 Å². The lowest BCUT2D eigenvalue weighted by atomic mass is 10.0. The van der Waals surface area contributed by atoms with E-state index in [2.05, 4.69) is 15.9 Å². The van der Waals surface area contributed by atoms with Gasteiger partial charge in [0.05, 0.1) is 17.3 Å². The molecule has 0 aliphatic carbocycles. The molecule has 0 radical (unpaired) electrons. The summed E-state index contributed by atoms with van der Waals surface area (Å²) in [7, 11) is 3.50. The fraction of sp³-hybridized carbons (Fsp3) is 0.250. The number of methoxy groups -OCH3 is 1. The standard InChI is InChI=1S/C20H17BrClNO4/c1-23-8-7-13-14(18(25-2)20-19(16(13)21)26-10-27-20)9-15(23)17(24)11-3-5-12(22)6-4-11/h3-6,9H,7-8,10H2,1-2H3. The number of fused-ring (bicyclic) bond motifs is 2. The Morgan fingerprint density at radius 2 is 1.93 bits per heavy atom. The second-order valence-electron chi connectivity index (χ2n) is 6.34. The van der Waals surface area contributed by atoms with Gasteiger partial charge >= 0.3 is 0 Å². The molecule has 4 rings (SSSR count). The Labute approximate surface area is 170 Å². The van der Waals surface area contributed by atoms with E-state index in [4.69, 9.17) is 25.8 Å². The number of carbonyl (C=O) groups excluding carboxylic acids is 1. The number of rotatable bonds is 3. The van der Waals surface area contributed by atoms with Gasteiger partial charge < -0.3 is 19.1 Å². The highest BCUT2D eigenvalue weighted by molar-refractivity contribution is 9.10. The Hall–Kier alpha value is -2.18. The second kappa shape index (κ2) is 7.09. The van der Waals surface area contributed by atoms with Gasteiger partial charge in [0.2, 0.25) is 18.3 Å². The zero-order valence-corrected chi connectivity index (χ0v) is 17.2. The van der Waals surface area contributed by atoms with Crippen molar-refractivity contribution in [3.8, 4) is 17.2 Å². The van der Waals surface area contributed by atoms with E-state index in [0.29, 0.717) is 40.1 Å². The van der Waals surface area contributed by atoms with Crippen molar-refractivity contribution in [1.82, 2.24) is 4.90 Å². The molecule has 0 N–H and O–H groups in total. The first-order valence-corrected chi connectivity index (χ1v) is 9.59. The zero-order valence-electron chi connectivity index (χ0n) is 14.8. The van der Waals surface area contributed by atoms with E-state index in [-0.39, 0.29) is 12.6 Å². The summed E-state index contributed by atoms with van der Waals surface area (Å²) in [4.78, 5) is 15.1. The molecular formula is C20H17BrClNO4. The van der Waals surface area contributed by atoms with Gasteiger partial charge in [-0.1, -0.05) is 11.6 Å². The van der Waals surface area contributed by atoms with Crippen LogP contribution in [0.15, 0.2) is 34.4 Å². The Morgan fingerprint density at radius 1 is 1.22 bits per heavy atom. The first kappa shape index (κ1) is 18.2. The van der Waals surface area contributed by atoms with Crippen LogP contribution < -0.4 is 14.2 Å². The normalized spacial score (nSPS) is 15.1. The zero-order chi connectivity index (χ0) is 19.1. The molecule has 0 atom stereocenters. The van der Waals surface area contributed by atoms with Crippen LogP contribution in [0.5, 0.6) is 17.2 Å². The first-order valence-electron chi connectivity index (χ1n) is 8.42. The lowest BCUT2D eigenvalue weighted by molar-refractivity contribution is 0.100. The van der Waals surface area contributed by atoms with Crippen LogP contribution in [0.3, 0.4) is 0 Å². The van der Waals surface area contributed by atoms with Crippen LogP contribution in [0.2, 0.25) is 5.02 Å². The van der Waals surface area contributed by atoms with E-state index in [1.54, 1.807) is 31.4 Å². The fourth-order valence-corrected chi connectivity index (χ4v) is 4.19. The van der Waals surface area contributed by atoms with Crippen molar-refractivity contribution in [2.45, 2.75) is 6.42 Å². The van der Waals surface area contributed by atoms with Crippen molar-refractivity contribution in [1.29, 1.82) is 0 Å². The smallest absolute Gasteiger partial charge is 0.231 e. The number of ether oxygens (including phenoxy) is 3. The highest BCUT2D eigenvalue weighted by Gasteiger charge is 2.31. The Morgan fingerprint density at radius 3 is 2.63 bits per heavy atom. The highest BCUT2D eigenvalue weighted by Crippen LogP contribution is 2.51. The number of hydrogen-bond acceptors (Lipinski definition) is 5. The average Bonchev–Trinajstić information content (AvgIpc) is 3.08. The van der Waals surface area contributed by atoms with Crippen molar-refractivity contribution in [2.24, 2.45) is 0 Å². The number of likely N-dealkylation sites (N-methyl/N-ethyl adjacent to an activating group) is 1. The molecule has 0 spiro atoms. The predicted octanol–water partition coefficient (Wildman–Crippen LogP) is 4.55. The summed E-state index contributed by atoms with van der Waals surface area (Å²) < 4.78 is 17.7. The molecule has 27 heavy (non-hydrogen) atoms. The molecule has 0 unspecified atom stereocenters. The molecule has 140 valence electrons. The molecule has 2 aromatic carbocycles. The fourth-order valence-electron chi connectivity index (χ4n) is 3.36. The van der Waals surface area contributed by atoms with Gasteiger partial charge in [-0.05, 0) is 58.3 Å². The molecule has 2 aromatic rings. The van der Waals surface area contributed by atoms with Crippen LogP contribution in [0, 0.1) is 0 Å². The number of allylic oxidation sites excluding steroid dienone is 1. The quantitative estimate of drug-likeness (QED) is 0.642. The third-order valence-corrected chi connectivity index (χ3v) is 5.88. The van der Waals surface area contributed by atoms with E-state index < -0.39 is 0 Å². The molecule has 2 aliphatic rings. The largest absolute Gasteiger partial charge is 0.492 e. The van der Waals surface area contributed by atoms with Gasteiger partial charge in [0, 0.05) is 29.7 Å². The highest BCUT2D eigenvalue weighted by atomic mass is 79.9. The van der Waals surface area contributed by atoms with Gasteiger partial charge in [-0.3, -0.25) is 4.79 Å². The third-order valence-electron chi connectivity index (χ3n) is 4.79. The number of ketones is 1. The minimum Gasteiger partial charge on any atom is -0.492 e. The summed E-state index contributed by atoms with van der Waals surface area (Å²) in [6, 6.07) is 6.90. The molecule has 2 heterocycles. The maximum absolute atomic E-state index is 13.1. The molecule has 7 heteroatoms. The van der Waals surface area contributed by atoms with Crippen LogP contribution >= 0.6 is 27.5 Å². The van der Waals surface area contributed by atoms with Crippen LogP contribution in [-0.4, -0.2) is 38.2 Å². The maximum atomic E-state index is 13.1. The molecular weight excluding hydrogens is 434 g/mol. The predicted molar refractivity (Wildman–Crippen MR) is 107 cm³/mol. The van der Waals surface area contributed by atoms with E-state index in [1.165, 1.54) is 0 Å². The lowest BCUT2D eigenvalue weighted by Gasteiger charge is -2.19. The van der Waals surface area contributed by atoms with E-state index >= 15 is 0 Å². The van der Waals surface area contributed by atoms with Crippen molar-refractivity contribution < 1.29 is 19.0 Å². The van der Waals surface area contributed by atoms with Gasteiger partial charge in [0.1, 0.15) is 0 Å². The number of halogens is 2. The number of carbonyl (C=O) groups is 1. The second-order valence-corrected chi connectivity index (χ2v) is 7.57. The molecule has 0 bridgehead atoms. The lowest BCUT2D eigenvalue weighted by Crippen LogP contribution is -2.24. The molecule has 0 aromatic heterocycles. The van der Waals surface area contributed by atoms with Crippen molar-refractivity contribution in [2.75, 3.05) is 27.5 Å². The number of benzene rings is 2. The Balaban J connectivity index is 1.88. The molecule has 0 saturated heterocycles. The van der Waals surface area contributed by atoms with Crippen molar-refractivity contribution in [3.05, 3.63) is 56.1 Å². The number of Topliss-reactive ketones (excluding diaryl/α,β-unsaturated/α-hetero) is 1. The average molecular weight is 451 g/mol. The van der Waals surface area contributed by atoms with Crippen LogP contribution in [0.1, 0.15) is 21.5 Å². The van der Waals surface area contributed by atoms with Crippen molar-refractivity contribution in [3.63, 3.8) is 0 Å². The summed E-state index contributed by atoms with van der Waals surface area (Å²) in [6.07, 6.45) is 2.60. The number of nitrogens with zero attached hydrogens (tertiary/aromatic N) is 1. The van der Waals surface area contributed by atoms with Gasteiger partial charge in [-0.2, -0.15) is 0 Å². The topological polar surface area (TPSA) is 48.0 Å². The minimum absolute atomic E-state index is 0.0714. The summed E-state index contributed by atoms with van der Waals surface area (Å²) >= 11 is 9.59. The monoisotopic (exact) mass is 449 g/mol. The molecule has 2 aliphatic heterocycles. The van der Waals surface area contributed by atoms with Crippen LogP contribution in [0.4, 0.5) is 0 Å². The molecule has 0 fully saturated rings. The summed E-state index contributed by atoms with van der Waals surface area (Å²) in [5.41, 5.74) is 3.03. The first-order chi connectivity index (χ1) is 13.0. The molecule has 5 nitrogen and oxygen atoms in total. The minimum atomic E-state index is -0.0714. The Bertz CT molecular complexity index is 956. The van der Waals surface area contributed by atoms with E-state index in [9.17, 15) is 4.79 Å². The van der Waals surface area contributed by atoms with Crippen molar-refractivity contribution >= 4 is 39.4 Å². The van der Waals surface area contributed by atoms with Gasteiger partial charge in [0.15, 0.2) is 11.5 Å². The molecule has 0 saturated carbocycles. The van der Waals surface area contributed by atoms with Gasteiger partial charge in [0.25, 0.3) is 0 Å². The van der Waals surface area contributed by atoms with Crippen LogP contribution in [0.25, 0.3) is 6.08 Å².